The zero-order valence-corrected chi connectivity index (χ0v) is 13.8. The van der Waals surface area contributed by atoms with Crippen molar-refractivity contribution in [2.24, 2.45) is 0 Å². The maximum Gasteiger partial charge on any atom is 0.337 e. The van der Waals surface area contributed by atoms with Gasteiger partial charge in [-0.1, -0.05) is 11.6 Å². The highest BCUT2D eigenvalue weighted by Crippen LogP contribution is 2.34. The number of methoxy groups -OCH3 is 2. The number of hydrogen-bond acceptors (Lipinski definition) is 6. The topological polar surface area (TPSA) is 88.1 Å². The predicted molar refractivity (Wildman–Crippen MR) is 84.3 cm³/mol. The minimum Gasteiger partial charge on any atom is -0.494 e. The summed E-state index contributed by atoms with van der Waals surface area (Å²) in [5.41, 5.74) is -0.315. The molecule has 1 aromatic carbocycles. The van der Waals surface area contributed by atoms with Gasteiger partial charge < -0.3 is 24.8 Å². The third kappa shape index (κ3) is 3.29. The molecular formula is C15H16ClFN2O5. The Hall–Kier alpha value is -2.32. The fourth-order valence-corrected chi connectivity index (χ4v) is 2.47. The van der Waals surface area contributed by atoms with E-state index in [2.05, 4.69) is 10.1 Å². The molecule has 0 fully saturated rings. The standard InChI is InChI=1S/C15H16ClFN2O5/c1-23-10-4-3-9(16)13(11(10)17)18-12-8(15(22)24-2)7-19(5-6-20)14(12)21/h3-4,18,20H,5-7H2,1-2H3. The van der Waals surface area contributed by atoms with E-state index in [1.54, 1.807) is 0 Å². The minimum atomic E-state index is -0.796. The lowest BCUT2D eigenvalue weighted by atomic mass is 10.2. The number of anilines is 1. The van der Waals surface area contributed by atoms with Gasteiger partial charge in [-0.2, -0.15) is 0 Å². The van der Waals surface area contributed by atoms with E-state index in [1.807, 2.05) is 0 Å². The number of hydrogen-bond donors (Lipinski definition) is 2. The molecule has 1 aliphatic rings. The Bertz CT molecular complexity index is 707. The largest absolute Gasteiger partial charge is 0.494 e. The fourth-order valence-electron chi connectivity index (χ4n) is 2.28. The molecule has 0 unspecified atom stereocenters. The zero-order valence-electron chi connectivity index (χ0n) is 13.1. The molecule has 1 amide bonds. The molecule has 2 N–H and O–H groups in total. The number of carbonyl (C=O) groups is 2. The molecule has 0 aliphatic carbocycles. The first-order valence-electron chi connectivity index (χ1n) is 6.95. The van der Waals surface area contributed by atoms with Crippen molar-refractivity contribution in [1.29, 1.82) is 0 Å². The first-order valence-corrected chi connectivity index (χ1v) is 7.33. The molecule has 0 spiro atoms. The summed E-state index contributed by atoms with van der Waals surface area (Å²) in [6.07, 6.45) is 0. The van der Waals surface area contributed by atoms with Gasteiger partial charge in [0.05, 0.1) is 43.7 Å². The van der Waals surface area contributed by atoms with Crippen LogP contribution in [0.15, 0.2) is 23.4 Å². The highest BCUT2D eigenvalue weighted by atomic mass is 35.5. The normalized spacial score (nSPS) is 14.2. The summed E-state index contributed by atoms with van der Waals surface area (Å²) in [7, 11) is 2.46. The van der Waals surface area contributed by atoms with Crippen molar-refractivity contribution in [3.63, 3.8) is 0 Å². The second kappa shape index (κ2) is 7.50. The Morgan fingerprint density at radius 2 is 2.17 bits per heavy atom. The molecule has 0 radical (unpaired) electrons. The van der Waals surface area contributed by atoms with Crippen LogP contribution in [0.4, 0.5) is 10.1 Å². The number of rotatable bonds is 6. The van der Waals surface area contributed by atoms with Gasteiger partial charge in [0.2, 0.25) is 0 Å². The van der Waals surface area contributed by atoms with E-state index in [0.717, 1.165) is 0 Å². The predicted octanol–water partition coefficient (Wildman–Crippen LogP) is 1.16. The molecule has 7 nitrogen and oxygen atoms in total. The molecular weight excluding hydrogens is 343 g/mol. The van der Waals surface area contributed by atoms with E-state index in [0.29, 0.717) is 0 Å². The van der Waals surface area contributed by atoms with E-state index < -0.39 is 17.7 Å². The van der Waals surface area contributed by atoms with Crippen molar-refractivity contribution in [1.82, 2.24) is 4.90 Å². The van der Waals surface area contributed by atoms with Gasteiger partial charge in [0.25, 0.3) is 5.91 Å². The molecule has 0 atom stereocenters. The number of esters is 1. The number of nitrogens with one attached hydrogen (secondary N) is 1. The summed E-state index contributed by atoms with van der Waals surface area (Å²) in [5, 5.41) is 11.6. The third-order valence-electron chi connectivity index (χ3n) is 3.48. The van der Waals surface area contributed by atoms with Gasteiger partial charge in [0.15, 0.2) is 11.6 Å². The average molecular weight is 359 g/mol. The quantitative estimate of drug-likeness (QED) is 0.742. The second-order valence-electron chi connectivity index (χ2n) is 4.86. The van der Waals surface area contributed by atoms with Crippen molar-refractivity contribution in [2.45, 2.75) is 0 Å². The number of aliphatic hydroxyl groups excluding tert-OH is 1. The summed E-state index contributed by atoms with van der Waals surface area (Å²) < 4.78 is 23.9. The third-order valence-corrected chi connectivity index (χ3v) is 3.79. The van der Waals surface area contributed by atoms with Crippen LogP contribution in [-0.4, -0.2) is 55.8 Å². The molecule has 130 valence electrons. The van der Waals surface area contributed by atoms with Gasteiger partial charge in [-0.15, -0.1) is 0 Å². The summed E-state index contributed by atoms with van der Waals surface area (Å²) in [6, 6.07) is 2.74. The minimum absolute atomic E-state index is 0.0124. The van der Waals surface area contributed by atoms with Gasteiger partial charge in [-0.3, -0.25) is 4.79 Å². The van der Waals surface area contributed by atoms with Crippen LogP contribution in [0.25, 0.3) is 0 Å². The number of halogens is 2. The first-order chi connectivity index (χ1) is 11.4. The van der Waals surface area contributed by atoms with Gasteiger partial charge in [0.1, 0.15) is 5.70 Å². The van der Waals surface area contributed by atoms with E-state index in [4.69, 9.17) is 21.4 Å². The van der Waals surface area contributed by atoms with Crippen LogP contribution in [0.5, 0.6) is 5.75 Å². The van der Waals surface area contributed by atoms with Crippen LogP contribution in [0.2, 0.25) is 5.02 Å². The Morgan fingerprint density at radius 3 is 2.75 bits per heavy atom. The second-order valence-corrected chi connectivity index (χ2v) is 5.27. The smallest absolute Gasteiger partial charge is 0.337 e. The van der Waals surface area contributed by atoms with Crippen LogP contribution in [0, 0.1) is 5.82 Å². The number of amides is 1. The Kier molecular flexibility index (Phi) is 5.63. The van der Waals surface area contributed by atoms with E-state index in [-0.39, 0.29) is 47.4 Å². The molecule has 24 heavy (non-hydrogen) atoms. The van der Waals surface area contributed by atoms with Crippen LogP contribution in [-0.2, 0) is 14.3 Å². The van der Waals surface area contributed by atoms with Crippen molar-refractivity contribution >= 4 is 29.2 Å². The first kappa shape index (κ1) is 18.0. The molecule has 0 aromatic heterocycles. The maximum atomic E-state index is 14.4. The summed E-state index contributed by atoms with van der Waals surface area (Å²) in [5.74, 6) is -2.16. The number of nitrogens with zero attached hydrogens (tertiary/aromatic N) is 1. The molecule has 0 saturated carbocycles. The number of ether oxygens (including phenoxy) is 2. The van der Waals surface area contributed by atoms with Crippen LogP contribution in [0.3, 0.4) is 0 Å². The lowest BCUT2D eigenvalue weighted by Crippen LogP contribution is -2.31. The fraction of sp³-hybridized carbons (Fsp3) is 0.333. The lowest BCUT2D eigenvalue weighted by Gasteiger charge is -2.16. The van der Waals surface area contributed by atoms with Crippen molar-refractivity contribution < 1.29 is 28.6 Å². The van der Waals surface area contributed by atoms with E-state index >= 15 is 0 Å². The highest BCUT2D eigenvalue weighted by Gasteiger charge is 2.35. The molecule has 9 heteroatoms. The summed E-state index contributed by atoms with van der Waals surface area (Å²) in [6.45, 7) is -0.307. The zero-order chi connectivity index (χ0) is 17.9. The molecule has 0 bridgehead atoms. The number of carbonyl (C=O) groups excluding carboxylic acids is 2. The summed E-state index contributed by atoms with van der Waals surface area (Å²) in [4.78, 5) is 25.5. The number of benzene rings is 1. The van der Waals surface area contributed by atoms with Crippen LogP contribution >= 0.6 is 11.6 Å². The Morgan fingerprint density at radius 1 is 1.46 bits per heavy atom. The van der Waals surface area contributed by atoms with Gasteiger partial charge >= 0.3 is 5.97 Å². The van der Waals surface area contributed by atoms with Crippen molar-refractivity contribution in [3.8, 4) is 5.75 Å². The molecule has 1 heterocycles. The van der Waals surface area contributed by atoms with Gasteiger partial charge in [0, 0.05) is 6.54 Å². The Balaban J connectivity index is 2.45. The molecule has 2 rings (SSSR count). The van der Waals surface area contributed by atoms with Gasteiger partial charge in [-0.25, -0.2) is 9.18 Å². The number of aliphatic hydroxyl groups is 1. The average Bonchev–Trinajstić information content (AvgIpc) is 2.87. The summed E-state index contributed by atoms with van der Waals surface area (Å²) >= 11 is 5.98. The SMILES string of the molecule is COC(=O)C1=C(Nc2c(Cl)ccc(OC)c2F)C(=O)N(CCO)C1. The Labute approximate surface area is 142 Å². The molecule has 0 saturated heterocycles. The van der Waals surface area contributed by atoms with Crippen molar-refractivity contribution in [3.05, 3.63) is 34.2 Å². The van der Waals surface area contributed by atoms with Crippen LogP contribution < -0.4 is 10.1 Å². The number of β-amino-alcohol motifs (C(OH)–C–C–N with tert-alkyl or cyclic N) is 1. The van der Waals surface area contributed by atoms with Gasteiger partial charge in [-0.05, 0) is 12.1 Å². The van der Waals surface area contributed by atoms with E-state index in [9.17, 15) is 14.0 Å². The monoisotopic (exact) mass is 358 g/mol. The maximum absolute atomic E-state index is 14.4. The van der Waals surface area contributed by atoms with Crippen molar-refractivity contribution in [2.75, 3.05) is 39.2 Å². The lowest BCUT2D eigenvalue weighted by molar-refractivity contribution is -0.136. The van der Waals surface area contributed by atoms with Crippen LogP contribution in [0.1, 0.15) is 0 Å². The molecule has 1 aliphatic heterocycles. The van der Waals surface area contributed by atoms with E-state index in [1.165, 1.54) is 31.3 Å². The molecule has 1 aromatic rings. The highest BCUT2D eigenvalue weighted by molar-refractivity contribution is 6.33.